The van der Waals surface area contributed by atoms with E-state index in [4.69, 9.17) is 0 Å². The van der Waals surface area contributed by atoms with E-state index in [-0.39, 0.29) is 0 Å². The van der Waals surface area contributed by atoms with Crippen LogP contribution < -0.4 is 4.90 Å². The summed E-state index contributed by atoms with van der Waals surface area (Å²) in [5, 5.41) is 4.95. The largest absolute Gasteiger partial charge is 0.309 e. The third kappa shape index (κ3) is 7.39. The first-order valence-corrected chi connectivity index (χ1v) is 26.3. The van der Waals surface area contributed by atoms with E-state index in [0.717, 1.165) is 50.4 Å². The Labute approximate surface area is 444 Å². The summed E-state index contributed by atoms with van der Waals surface area (Å²) < 4.78 is 0. The fourth-order valence-electron chi connectivity index (χ4n) is 12.5. The monoisotopic (exact) mass is 965 g/mol. The Hall–Kier alpha value is -9.82. The molecule has 1 nitrogen and oxygen atoms in total. The highest BCUT2D eigenvalue weighted by atomic mass is 15.1. The van der Waals surface area contributed by atoms with Crippen LogP contribution in [-0.2, 0) is 5.41 Å². The molecule has 0 saturated carbocycles. The van der Waals surface area contributed by atoms with Gasteiger partial charge in [-0.3, -0.25) is 0 Å². The molecule has 0 spiro atoms. The lowest BCUT2D eigenvalue weighted by Gasteiger charge is -2.35. The molecular formula is C75H51N. The van der Waals surface area contributed by atoms with Crippen LogP contribution in [0.5, 0.6) is 0 Å². The van der Waals surface area contributed by atoms with Gasteiger partial charge in [-0.25, -0.2) is 0 Å². The van der Waals surface area contributed by atoms with E-state index >= 15 is 0 Å². The van der Waals surface area contributed by atoms with Gasteiger partial charge in [0.1, 0.15) is 0 Å². The fraction of sp³-hybridized carbons (Fsp3) is 0.0133. The molecule has 0 unspecified atom stereocenters. The Bertz CT molecular complexity index is 4150. The zero-order valence-electron chi connectivity index (χ0n) is 41.9. The first-order valence-electron chi connectivity index (χ1n) is 26.3. The number of benzene rings is 13. The van der Waals surface area contributed by atoms with E-state index in [1.165, 1.54) is 77.2 Å². The van der Waals surface area contributed by atoms with E-state index in [9.17, 15) is 0 Å². The Morgan fingerprint density at radius 2 is 0.645 bits per heavy atom. The highest BCUT2D eigenvalue weighted by Crippen LogP contribution is 2.58. The van der Waals surface area contributed by atoms with Crippen molar-refractivity contribution in [3.8, 4) is 66.8 Å². The summed E-state index contributed by atoms with van der Waals surface area (Å²) in [6.07, 6.45) is 0. The Kier molecular flexibility index (Phi) is 11.2. The molecular weight excluding hydrogens is 915 g/mol. The van der Waals surface area contributed by atoms with Gasteiger partial charge in [0.2, 0.25) is 0 Å². The summed E-state index contributed by atoms with van der Waals surface area (Å²) in [5.41, 5.74) is 22.0. The second kappa shape index (κ2) is 18.9. The second-order valence-electron chi connectivity index (χ2n) is 19.9. The van der Waals surface area contributed by atoms with Crippen molar-refractivity contribution in [3.05, 3.63) is 332 Å². The predicted octanol–water partition coefficient (Wildman–Crippen LogP) is 20.2. The van der Waals surface area contributed by atoms with Gasteiger partial charge in [-0.1, -0.05) is 279 Å². The van der Waals surface area contributed by atoms with E-state index < -0.39 is 5.41 Å². The average Bonchev–Trinajstić information content (AvgIpc) is 3.81. The normalized spacial score (nSPS) is 12.3. The molecule has 0 heterocycles. The first-order chi connectivity index (χ1) is 37.7. The topological polar surface area (TPSA) is 3.24 Å². The predicted molar refractivity (Wildman–Crippen MR) is 321 cm³/mol. The van der Waals surface area contributed by atoms with Crippen LogP contribution in [0.4, 0.5) is 17.1 Å². The summed E-state index contributed by atoms with van der Waals surface area (Å²) in [4.78, 5) is 2.54. The molecule has 0 aliphatic heterocycles. The molecule has 0 aromatic heterocycles. The lowest BCUT2D eigenvalue weighted by Crippen LogP contribution is -2.28. The summed E-state index contributed by atoms with van der Waals surface area (Å²) in [6.45, 7) is 0. The molecule has 14 rings (SSSR count). The molecule has 1 aliphatic rings. The molecule has 1 aliphatic carbocycles. The summed E-state index contributed by atoms with van der Waals surface area (Å²) in [5.74, 6) is 0. The van der Waals surface area contributed by atoms with Gasteiger partial charge in [0, 0.05) is 22.5 Å². The van der Waals surface area contributed by atoms with Crippen molar-refractivity contribution >= 4 is 38.6 Å². The summed E-state index contributed by atoms with van der Waals surface area (Å²) in [6, 6.07) is 114. The van der Waals surface area contributed by atoms with Crippen molar-refractivity contribution in [3.63, 3.8) is 0 Å². The van der Waals surface area contributed by atoms with Gasteiger partial charge < -0.3 is 4.90 Å². The molecule has 0 radical (unpaired) electrons. The minimum atomic E-state index is -0.580. The number of anilines is 3. The van der Waals surface area contributed by atoms with Crippen LogP contribution in [0, 0.1) is 0 Å². The molecule has 0 bridgehead atoms. The molecule has 0 amide bonds. The SMILES string of the molecule is c1ccc(-c2cccc(-c3ccccc3)c2N(c2cccc(-c3ccc4c(c3)c(-c3ccccc3)c(-c3ccccc3)c3ccccc34)c2)c2ccc3c(c2)C(c2ccccc2)(c2ccccc2)c2ccccc2-3)cc1. The standard InChI is InChI=1S/C75H51N/c1-7-25-52(26-8-1)62-42-24-43-63(53-27-9-2-10-28-53)74(62)76(61-46-48-67-66-40-21-22-44-70(66)75(71(67)51-61,58-34-15-5-16-35-58)59-36-17-6-18-37-59)60-38-23-33-56(49-60)57-45-47-65-64-39-19-20-41-68(64)72(54-29-11-3-12-30-54)73(69(65)50-57)55-31-13-4-14-32-55/h1-51H. The van der Waals surface area contributed by atoms with Crippen LogP contribution in [0.3, 0.4) is 0 Å². The zero-order chi connectivity index (χ0) is 50.4. The van der Waals surface area contributed by atoms with Gasteiger partial charge in [0.05, 0.1) is 11.1 Å². The molecule has 0 N–H and O–H groups in total. The molecule has 13 aromatic rings. The third-order valence-corrected chi connectivity index (χ3v) is 15.7. The van der Waals surface area contributed by atoms with E-state index in [0.29, 0.717) is 0 Å². The minimum Gasteiger partial charge on any atom is -0.309 e. The Morgan fingerprint density at radius 3 is 1.25 bits per heavy atom. The smallest absolute Gasteiger partial charge is 0.0714 e. The number of hydrogen-bond donors (Lipinski definition) is 0. The molecule has 0 fully saturated rings. The van der Waals surface area contributed by atoms with E-state index in [1.807, 2.05) is 0 Å². The molecule has 13 aromatic carbocycles. The van der Waals surface area contributed by atoms with E-state index in [2.05, 4.69) is 314 Å². The van der Waals surface area contributed by atoms with Gasteiger partial charge in [-0.2, -0.15) is 0 Å². The van der Waals surface area contributed by atoms with Crippen LogP contribution >= 0.6 is 0 Å². The number of hydrogen-bond acceptors (Lipinski definition) is 1. The highest BCUT2D eigenvalue weighted by Gasteiger charge is 2.46. The maximum absolute atomic E-state index is 2.54. The van der Waals surface area contributed by atoms with Gasteiger partial charge in [0.25, 0.3) is 0 Å². The summed E-state index contributed by atoms with van der Waals surface area (Å²) >= 11 is 0. The molecule has 0 saturated heterocycles. The van der Waals surface area contributed by atoms with Crippen LogP contribution in [0.25, 0.3) is 88.3 Å². The van der Waals surface area contributed by atoms with Crippen LogP contribution in [0.1, 0.15) is 22.3 Å². The number of rotatable bonds is 10. The zero-order valence-corrected chi connectivity index (χ0v) is 41.9. The Morgan fingerprint density at radius 1 is 0.224 bits per heavy atom. The van der Waals surface area contributed by atoms with Crippen molar-refractivity contribution in [2.24, 2.45) is 0 Å². The third-order valence-electron chi connectivity index (χ3n) is 15.7. The number of para-hydroxylation sites is 1. The average molecular weight is 966 g/mol. The first kappa shape index (κ1) is 44.8. The lowest BCUT2D eigenvalue weighted by atomic mass is 9.67. The quantitative estimate of drug-likeness (QED) is 0.123. The van der Waals surface area contributed by atoms with E-state index in [1.54, 1.807) is 0 Å². The fourth-order valence-corrected chi connectivity index (χ4v) is 12.5. The maximum Gasteiger partial charge on any atom is 0.0714 e. The minimum absolute atomic E-state index is 0.580. The van der Waals surface area contributed by atoms with Crippen molar-refractivity contribution in [2.45, 2.75) is 5.41 Å². The van der Waals surface area contributed by atoms with Crippen molar-refractivity contribution in [2.75, 3.05) is 4.90 Å². The number of fused-ring (bicyclic) bond motifs is 6. The van der Waals surface area contributed by atoms with Crippen molar-refractivity contribution < 1.29 is 0 Å². The maximum atomic E-state index is 2.54. The Balaban J connectivity index is 1.05. The van der Waals surface area contributed by atoms with Crippen LogP contribution in [-0.4, -0.2) is 0 Å². The number of nitrogens with zero attached hydrogens (tertiary/aromatic N) is 1. The van der Waals surface area contributed by atoms with Gasteiger partial charge in [-0.05, 0) is 130 Å². The van der Waals surface area contributed by atoms with Crippen LogP contribution in [0.2, 0.25) is 0 Å². The van der Waals surface area contributed by atoms with Crippen molar-refractivity contribution in [1.82, 2.24) is 0 Å². The summed E-state index contributed by atoms with van der Waals surface area (Å²) in [7, 11) is 0. The highest BCUT2D eigenvalue weighted by molar-refractivity contribution is 6.22. The van der Waals surface area contributed by atoms with Gasteiger partial charge in [0.15, 0.2) is 0 Å². The van der Waals surface area contributed by atoms with Crippen molar-refractivity contribution in [1.29, 1.82) is 0 Å². The molecule has 1 heteroatoms. The van der Waals surface area contributed by atoms with Crippen LogP contribution in [0.15, 0.2) is 309 Å². The second-order valence-corrected chi connectivity index (χ2v) is 19.9. The molecule has 356 valence electrons. The lowest BCUT2D eigenvalue weighted by molar-refractivity contribution is 0.768. The molecule has 0 atom stereocenters. The van der Waals surface area contributed by atoms with Gasteiger partial charge in [-0.15, -0.1) is 0 Å². The molecule has 76 heavy (non-hydrogen) atoms. The van der Waals surface area contributed by atoms with Gasteiger partial charge >= 0.3 is 0 Å².